The molecule has 21 heavy (non-hydrogen) atoms. The summed E-state index contributed by atoms with van der Waals surface area (Å²) in [5.41, 5.74) is 5.98. The van der Waals surface area contributed by atoms with Gasteiger partial charge in [-0.2, -0.15) is 0 Å². The molecule has 1 heterocycles. The minimum Gasteiger partial charge on any atom is -0.354 e. The second-order valence-corrected chi connectivity index (χ2v) is 6.15. The van der Waals surface area contributed by atoms with Gasteiger partial charge in [0.15, 0.2) is 0 Å². The van der Waals surface area contributed by atoms with Crippen LogP contribution in [0.4, 0.5) is 0 Å². The average Bonchev–Trinajstić information content (AvgIpc) is 3.29. The van der Waals surface area contributed by atoms with E-state index in [-0.39, 0.29) is 36.2 Å². The largest absolute Gasteiger partial charge is 0.354 e. The van der Waals surface area contributed by atoms with Gasteiger partial charge in [0.05, 0.1) is 0 Å². The summed E-state index contributed by atoms with van der Waals surface area (Å²) >= 11 is 0. The molecule has 1 aliphatic carbocycles. The van der Waals surface area contributed by atoms with Crippen LogP contribution in [0.25, 0.3) is 0 Å². The molecule has 1 aliphatic heterocycles. The minimum absolute atomic E-state index is 0. The number of carbonyl (C=O) groups is 2. The van der Waals surface area contributed by atoms with E-state index in [2.05, 4.69) is 5.32 Å². The number of carbonyl (C=O) groups excluding carboxylic acids is 2. The molecule has 1 saturated carbocycles. The van der Waals surface area contributed by atoms with Gasteiger partial charge in [0, 0.05) is 38.0 Å². The molecule has 0 radical (unpaired) electrons. The van der Waals surface area contributed by atoms with E-state index in [0.29, 0.717) is 32.0 Å². The van der Waals surface area contributed by atoms with Crippen LogP contribution in [0, 0.1) is 11.8 Å². The summed E-state index contributed by atoms with van der Waals surface area (Å²) < 4.78 is 0. The third-order valence-electron chi connectivity index (χ3n) is 4.42. The molecule has 0 aromatic rings. The van der Waals surface area contributed by atoms with Crippen LogP contribution < -0.4 is 11.1 Å². The van der Waals surface area contributed by atoms with E-state index in [9.17, 15) is 9.59 Å². The number of hydrogen-bond acceptors (Lipinski definition) is 3. The maximum Gasteiger partial charge on any atom is 0.223 e. The van der Waals surface area contributed by atoms with Crippen molar-refractivity contribution in [2.24, 2.45) is 17.6 Å². The second-order valence-electron chi connectivity index (χ2n) is 6.15. The first-order chi connectivity index (χ1) is 9.61. The number of nitrogens with zero attached hydrogens (tertiary/aromatic N) is 1. The van der Waals surface area contributed by atoms with Crippen molar-refractivity contribution in [2.75, 3.05) is 19.6 Å². The van der Waals surface area contributed by atoms with Crippen LogP contribution in [0.2, 0.25) is 0 Å². The minimum atomic E-state index is 0. The molecule has 5 nitrogen and oxygen atoms in total. The number of nitrogens with one attached hydrogen (secondary N) is 1. The third kappa shape index (κ3) is 5.47. The van der Waals surface area contributed by atoms with Gasteiger partial charge in [0.2, 0.25) is 11.8 Å². The lowest BCUT2D eigenvalue weighted by atomic mass is 9.95. The summed E-state index contributed by atoms with van der Waals surface area (Å²) in [6.07, 6.45) is 5.47. The first kappa shape index (κ1) is 18.2. The fraction of sp³-hybridized carbons (Fsp3) is 0.867. The van der Waals surface area contributed by atoms with Crippen LogP contribution >= 0.6 is 12.4 Å². The molecule has 1 unspecified atom stereocenters. The summed E-state index contributed by atoms with van der Waals surface area (Å²) in [4.78, 5) is 25.8. The van der Waals surface area contributed by atoms with Gasteiger partial charge in [-0.15, -0.1) is 12.4 Å². The monoisotopic (exact) mass is 317 g/mol. The molecule has 0 bridgehead atoms. The molecular weight excluding hydrogens is 290 g/mol. The number of amides is 2. The van der Waals surface area contributed by atoms with Crippen molar-refractivity contribution in [3.8, 4) is 0 Å². The molecule has 6 heteroatoms. The van der Waals surface area contributed by atoms with E-state index >= 15 is 0 Å². The van der Waals surface area contributed by atoms with Gasteiger partial charge in [-0.3, -0.25) is 9.59 Å². The maximum absolute atomic E-state index is 12.1. The molecule has 2 amide bonds. The van der Waals surface area contributed by atoms with E-state index in [1.165, 1.54) is 12.8 Å². The Hall–Kier alpha value is -0.810. The Bertz CT molecular complexity index is 353. The van der Waals surface area contributed by atoms with Crippen molar-refractivity contribution in [2.45, 2.75) is 51.5 Å². The lowest BCUT2D eigenvalue weighted by Gasteiger charge is -2.31. The van der Waals surface area contributed by atoms with Gasteiger partial charge < -0.3 is 16.0 Å². The van der Waals surface area contributed by atoms with E-state index in [1.54, 1.807) is 0 Å². The Morgan fingerprint density at radius 3 is 2.38 bits per heavy atom. The van der Waals surface area contributed by atoms with Crippen molar-refractivity contribution in [3.63, 3.8) is 0 Å². The highest BCUT2D eigenvalue weighted by atomic mass is 35.5. The van der Waals surface area contributed by atoms with Gasteiger partial charge in [-0.1, -0.05) is 6.92 Å². The molecule has 1 atom stereocenters. The highest BCUT2D eigenvalue weighted by molar-refractivity contribution is 5.85. The molecule has 0 aromatic carbocycles. The van der Waals surface area contributed by atoms with Crippen LogP contribution in [-0.2, 0) is 9.59 Å². The Kier molecular flexibility index (Phi) is 7.46. The molecular formula is C15H28ClN3O2. The topological polar surface area (TPSA) is 75.4 Å². The zero-order chi connectivity index (χ0) is 14.5. The van der Waals surface area contributed by atoms with Crippen LogP contribution in [0.1, 0.15) is 45.4 Å². The number of hydrogen-bond donors (Lipinski definition) is 2. The number of rotatable bonds is 6. The van der Waals surface area contributed by atoms with E-state index in [1.807, 2.05) is 11.8 Å². The third-order valence-corrected chi connectivity index (χ3v) is 4.42. The molecule has 2 fully saturated rings. The Labute approximate surface area is 133 Å². The molecule has 2 rings (SSSR count). The molecule has 0 aromatic heterocycles. The summed E-state index contributed by atoms with van der Waals surface area (Å²) in [6.45, 7) is 4.04. The Morgan fingerprint density at radius 1 is 1.24 bits per heavy atom. The average molecular weight is 318 g/mol. The number of nitrogens with two attached hydrogens (primary N) is 1. The Morgan fingerprint density at radius 2 is 1.86 bits per heavy atom. The van der Waals surface area contributed by atoms with Crippen molar-refractivity contribution >= 4 is 24.2 Å². The normalized spacial score (nSPS) is 20.6. The van der Waals surface area contributed by atoms with Crippen molar-refractivity contribution in [1.82, 2.24) is 10.2 Å². The number of halogens is 1. The van der Waals surface area contributed by atoms with Gasteiger partial charge in [-0.25, -0.2) is 0 Å². The number of likely N-dealkylation sites (tertiary alicyclic amines) is 1. The molecule has 1 saturated heterocycles. The standard InChI is InChI=1S/C15H27N3O2.ClH/c1-2-3-14(19)18-8-6-12(7-9-18)15(20)17-10-13(16)11-4-5-11;/h11-13H,2-10,16H2,1H3,(H,17,20);1H. The summed E-state index contributed by atoms with van der Waals surface area (Å²) in [5.74, 6) is 1.00. The van der Waals surface area contributed by atoms with Crippen molar-refractivity contribution in [3.05, 3.63) is 0 Å². The zero-order valence-electron chi connectivity index (χ0n) is 12.8. The van der Waals surface area contributed by atoms with Crippen LogP contribution in [0.3, 0.4) is 0 Å². The predicted molar refractivity (Wildman–Crippen MR) is 85.2 cm³/mol. The van der Waals surface area contributed by atoms with E-state index in [4.69, 9.17) is 5.73 Å². The zero-order valence-corrected chi connectivity index (χ0v) is 13.7. The van der Waals surface area contributed by atoms with Crippen LogP contribution in [0.15, 0.2) is 0 Å². The summed E-state index contributed by atoms with van der Waals surface area (Å²) in [6, 6.07) is 0.116. The van der Waals surface area contributed by atoms with Crippen molar-refractivity contribution in [1.29, 1.82) is 0 Å². The van der Waals surface area contributed by atoms with Crippen LogP contribution in [0.5, 0.6) is 0 Å². The molecule has 0 spiro atoms. The van der Waals surface area contributed by atoms with Gasteiger partial charge in [0.25, 0.3) is 0 Å². The fourth-order valence-electron chi connectivity index (χ4n) is 2.82. The quantitative estimate of drug-likeness (QED) is 0.775. The Balaban J connectivity index is 0.00000220. The lowest BCUT2D eigenvalue weighted by Crippen LogP contribution is -2.45. The van der Waals surface area contributed by atoms with Gasteiger partial charge >= 0.3 is 0 Å². The lowest BCUT2D eigenvalue weighted by molar-refractivity contribution is -0.135. The predicted octanol–water partition coefficient (Wildman–Crippen LogP) is 1.30. The highest BCUT2D eigenvalue weighted by Gasteiger charge is 2.30. The second kappa shape index (κ2) is 8.59. The molecule has 122 valence electrons. The first-order valence-corrected chi connectivity index (χ1v) is 7.93. The van der Waals surface area contributed by atoms with Crippen LogP contribution in [-0.4, -0.2) is 42.4 Å². The van der Waals surface area contributed by atoms with E-state index in [0.717, 1.165) is 19.3 Å². The SMILES string of the molecule is CCCC(=O)N1CCC(C(=O)NCC(N)C2CC2)CC1.Cl. The summed E-state index contributed by atoms with van der Waals surface area (Å²) in [5, 5.41) is 2.98. The summed E-state index contributed by atoms with van der Waals surface area (Å²) in [7, 11) is 0. The molecule has 3 N–H and O–H groups in total. The molecule has 2 aliphatic rings. The maximum atomic E-state index is 12.1. The van der Waals surface area contributed by atoms with Gasteiger partial charge in [-0.05, 0) is 38.0 Å². The van der Waals surface area contributed by atoms with Crippen molar-refractivity contribution < 1.29 is 9.59 Å². The fourth-order valence-corrected chi connectivity index (χ4v) is 2.82. The van der Waals surface area contributed by atoms with Gasteiger partial charge in [0.1, 0.15) is 0 Å². The highest BCUT2D eigenvalue weighted by Crippen LogP contribution is 2.31. The smallest absolute Gasteiger partial charge is 0.223 e. The first-order valence-electron chi connectivity index (χ1n) is 7.93. The number of piperidine rings is 1. The van der Waals surface area contributed by atoms with E-state index < -0.39 is 0 Å².